The highest BCUT2D eigenvalue weighted by Crippen LogP contribution is 2.04. The van der Waals surface area contributed by atoms with Crippen LogP contribution in [0.15, 0.2) is 0 Å². The van der Waals surface area contributed by atoms with Crippen LogP contribution in [0.2, 0.25) is 0 Å². The minimum Gasteiger partial charge on any atom is -0.102 e. The smallest absolute Gasteiger partial charge is 0.0199 e. The Balaban J connectivity index is 3.23. The van der Waals surface area contributed by atoms with E-state index in [2.05, 4.69) is 32.6 Å². The Morgan fingerprint density at radius 1 is 1.56 bits per heavy atom. The maximum atomic E-state index is 3.47. The van der Waals surface area contributed by atoms with Gasteiger partial charge in [0.05, 0.1) is 0 Å². The SMILES string of the molecule is [CH2]C#CC(C)CCCC. The molecular weight excluding hydrogens is 108 g/mol. The van der Waals surface area contributed by atoms with Crippen molar-refractivity contribution in [3.8, 4) is 11.8 Å². The molecule has 0 saturated carbocycles. The van der Waals surface area contributed by atoms with E-state index in [1.165, 1.54) is 19.3 Å². The van der Waals surface area contributed by atoms with Gasteiger partial charge in [-0.2, -0.15) is 0 Å². The van der Waals surface area contributed by atoms with Crippen LogP contribution in [0.1, 0.15) is 33.1 Å². The van der Waals surface area contributed by atoms with Crippen molar-refractivity contribution >= 4 is 0 Å². The molecule has 0 fully saturated rings. The van der Waals surface area contributed by atoms with E-state index in [0.29, 0.717) is 5.92 Å². The van der Waals surface area contributed by atoms with Gasteiger partial charge in [-0.25, -0.2) is 0 Å². The van der Waals surface area contributed by atoms with Crippen molar-refractivity contribution in [3.05, 3.63) is 6.92 Å². The second-order valence-electron chi connectivity index (χ2n) is 2.36. The fourth-order valence-electron chi connectivity index (χ4n) is 0.757. The maximum Gasteiger partial charge on any atom is 0.0199 e. The highest BCUT2D eigenvalue weighted by atomic mass is 14.0. The van der Waals surface area contributed by atoms with Crippen molar-refractivity contribution in [2.24, 2.45) is 5.92 Å². The molecule has 1 atom stereocenters. The molecule has 0 saturated heterocycles. The summed E-state index contributed by atoms with van der Waals surface area (Å²) in [7, 11) is 0. The first kappa shape index (κ1) is 8.56. The summed E-state index contributed by atoms with van der Waals surface area (Å²) in [4.78, 5) is 0. The van der Waals surface area contributed by atoms with E-state index in [-0.39, 0.29) is 0 Å². The summed E-state index contributed by atoms with van der Waals surface area (Å²) < 4.78 is 0. The Morgan fingerprint density at radius 3 is 2.67 bits per heavy atom. The van der Waals surface area contributed by atoms with E-state index >= 15 is 0 Å². The Morgan fingerprint density at radius 2 is 2.22 bits per heavy atom. The summed E-state index contributed by atoms with van der Waals surface area (Å²) >= 11 is 0. The van der Waals surface area contributed by atoms with Gasteiger partial charge in [0.25, 0.3) is 0 Å². The molecule has 0 nitrogen and oxygen atoms in total. The monoisotopic (exact) mass is 123 g/mol. The highest BCUT2D eigenvalue weighted by Gasteiger charge is 1.93. The quantitative estimate of drug-likeness (QED) is 0.506. The van der Waals surface area contributed by atoms with E-state index in [1.807, 2.05) is 0 Å². The van der Waals surface area contributed by atoms with E-state index in [1.54, 1.807) is 0 Å². The molecule has 0 aliphatic heterocycles. The standard InChI is InChI=1S/C9H15/c1-4-6-8-9(3)7-5-2/h9H,2,4,6,8H2,1,3H3. The van der Waals surface area contributed by atoms with Crippen LogP contribution in [0, 0.1) is 24.7 Å². The van der Waals surface area contributed by atoms with E-state index in [0.717, 1.165) is 0 Å². The van der Waals surface area contributed by atoms with Gasteiger partial charge in [0, 0.05) is 12.8 Å². The average Bonchev–Trinajstić information content (AvgIpc) is 1.85. The molecule has 0 heterocycles. The van der Waals surface area contributed by atoms with E-state index in [9.17, 15) is 0 Å². The fourth-order valence-corrected chi connectivity index (χ4v) is 0.757. The van der Waals surface area contributed by atoms with Crippen LogP contribution in [0.3, 0.4) is 0 Å². The second kappa shape index (κ2) is 5.69. The Kier molecular flexibility index (Phi) is 5.41. The van der Waals surface area contributed by atoms with Crippen LogP contribution >= 0.6 is 0 Å². The summed E-state index contributed by atoms with van der Waals surface area (Å²) in [6, 6.07) is 0. The summed E-state index contributed by atoms with van der Waals surface area (Å²) in [5.74, 6) is 6.24. The predicted molar refractivity (Wildman–Crippen MR) is 41.8 cm³/mol. The summed E-state index contributed by atoms with van der Waals surface area (Å²) in [6.45, 7) is 7.82. The number of hydrogen-bond acceptors (Lipinski definition) is 0. The molecule has 0 aromatic carbocycles. The molecule has 0 bridgehead atoms. The lowest BCUT2D eigenvalue weighted by atomic mass is 10.1. The van der Waals surface area contributed by atoms with Crippen LogP contribution < -0.4 is 0 Å². The van der Waals surface area contributed by atoms with E-state index in [4.69, 9.17) is 0 Å². The molecule has 0 aromatic rings. The molecule has 0 aliphatic carbocycles. The van der Waals surface area contributed by atoms with Crippen molar-refractivity contribution in [1.29, 1.82) is 0 Å². The maximum absolute atomic E-state index is 3.47. The molecule has 1 unspecified atom stereocenters. The van der Waals surface area contributed by atoms with Gasteiger partial charge in [-0.05, 0) is 6.42 Å². The number of unbranched alkanes of at least 4 members (excludes halogenated alkanes) is 1. The second-order valence-corrected chi connectivity index (χ2v) is 2.36. The molecule has 0 aliphatic rings. The highest BCUT2D eigenvalue weighted by molar-refractivity contribution is 5.04. The molecular formula is C9H15. The van der Waals surface area contributed by atoms with Gasteiger partial charge in [0.2, 0.25) is 0 Å². The minimum atomic E-state index is 0.544. The summed E-state index contributed by atoms with van der Waals surface area (Å²) in [5, 5.41) is 0. The minimum absolute atomic E-state index is 0.544. The molecule has 0 spiro atoms. The van der Waals surface area contributed by atoms with Crippen LogP contribution in [0.25, 0.3) is 0 Å². The van der Waals surface area contributed by atoms with Gasteiger partial charge in [0.1, 0.15) is 0 Å². The topological polar surface area (TPSA) is 0 Å². The lowest BCUT2D eigenvalue weighted by molar-refractivity contribution is 0.613. The first-order valence-electron chi connectivity index (χ1n) is 3.58. The van der Waals surface area contributed by atoms with Crippen molar-refractivity contribution in [2.45, 2.75) is 33.1 Å². The van der Waals surface area contributed by atoms with Crippen molar-refractivity contribution in [3.63, 3.8) is 0 Å². The third-order valence-electron chi connectivity index (χ3n) is 1.34. The normalized spacial score (nSPS) is 11.9. The summed E-state index contributed by atoms with van der Waals surface area (Å²) in [6.07, 6.45) is 3.78. The number of hydrogen-bond donors (Lipinski definition) is 0. The third-order valence-corrected chi connectivity index (χ3v) is 1.34. The molecule has 0 aromatic heterocycles. The average molecular weight is 123 g/mol. The molecule has 0 heteroatoms. The van der Waals surface area contributed by atoms with Crippen LogP contribution in [0.5, 0.6) is 0 Å². The largest absolute Gasteiger partial charge is 0.102 e. The van der Waals surface area contributed by atoms with Gasteiger partial charge in [-0.3, -0.25) is 0 Å². The molecule has 1 radical (unpaired) electrons. The Bertz CT molecular complexity index is 103. The third kappa shape index (κ3) is 5.43. The number of rotatable bonds is 3. The molecule has 9 heavy (non-hydrogen) atoms. The lowest BCUT2D eigenvalue weighted by Gasteiger charge is -1.99. The van der Waals surface area contributed by atoms with Crippen molar-refractivity contribution in [2.75, 3.05) is 0 Å². The molecule has 0 N–H and O–H groups in total. The van der Waals surface area contributed by atoms with E-state index < -0.39 is 0 Å². The fraction of sp³-hybridized carbons (Fsp3) is 0.667. The van der Waals surface area contributed by atoms with Gasteiger partial charge < -0.3 is 0 Å². The van der Waals surface area contributed by atoms with Crippen molar-refractivity contribution in [1.82, 2.24) is 0 Å². The zero-order valence-electron chi connectivity index (χ0n) is 6.41. The Labute approximate surface area is 58.7 Å². The zero-order chi connectivity index (χ0) is 7.11. The van der Waals surface area contributed by atoms with Crippen molar-refractivity contribution < 1.29 is 0 Å². The van der Waals surface area contributed by atoms with Gasteiger partial charge in [0.15, 0.2) is 0 Å². The summed E-state index contributed by atoms with van der Waals surface area (Å²) in [5.41, 5.74) is 0. The molecule has 0 amide bonds. The first-order chi connectivity index (χ1) is 4.31. The first-order valence-corrected chi connectivity index (χ1v) is 3.58. The van der Waals surface area contributed by atoms with Crippen LogP contribution in [-0.2, 0) is 0 Å². The van der Waals surface area contributed by atoms with Crippen LogP contribution in [-0.4, -0.2) is 0 Å². The van der Waals surface area contributed by atoms with Crippen LogP contribution in [0.4, 0.5) is 0 Å². The van der Waals surface area contributed by atoms with Gasteiger partial charge >= 0.3 is 0 Å². The van der Waals surface area contributed by atoms with Gasteiger partial charge in [-0.1, -0.05) is 26.7 Å². The predicted octanol–water partition coefficient (Wildman–Crippen LogP) is 2.65. The van der Waals surface area contributed by atoms with Gasteiger partial charge in [-0.15, -0.1) is 11.8 Å². The molecule has 0 rings (SSSR count). The molecule has 51 valence electrons. The Hall–Kier alpha value is -0.440. The lowest BCUT2D eigenvalue weighted by Crippen LogP contribution is -1.88. The zero-order valence-corrected chi connectivity index (χ0v) is 6.41.